The largest absolute Gasteiger partial charge is 0.433 e. The normalized spacial score (nSPS) is 10.8. The summed E-state index contributed by atoms with van der Waals surface area (Å²) in [5.41, 5.74) is 1.01. The minimum absolute atomic E-state index is 0.0844. The van der Waals surface area contributed by atoms with Crippen LogP contribution in [0.25, 0.3) is 5.69 Å². The molecule has 0 atom stereocenters. The number of thioether (sulfide) groups is 1. The molecule has 0 radical (unpaired) electrons. The summed E-state index contributed by atoms with van der Waals surface area (Å²) in [6, 6.07) is 15.4. The van der Waals surface area contributed by atoms with Crippen molar-refractivity contribution in [2.24, 2.45) is 0 Å². The Hall–Kier alpha value is -3.01. The number of amides is 1. The van der Waals surface area contributed by atoms with Crippen LogP contribution in [-0.4, -0.2) is 38.5 Å². The highest BCUT2D eigenvalue weighted by Crippen LogP contribution is 2.25. The number of carbonyl (C=O) groups excluding carboxylic acids is 1. The molecule has 1 aromatic heterocycles. The summed E-state index contributed by atoms with van der Waals surface area (Å²) in [7, 11) is 0. The molecule has 27 heavy (non-hydrogen) atoms. The number of nitrogens with zero attached hydrogens (tertiary/aromatic N) is 4. The van der Waals surface area contributed by atoms with E-state index in [1.54, 1.807) is 16.8 Å². The molecule has 0 aliphatic rings. The highest BCUT2D eigenvalue weighted by Gasteiger charge is 2.13. The molecule has 10 heteroatoms. The van der Waals surface area contributed by atoms with Crippen LogP contribution in [-0.2, 0) is 10.5 Å². The van der Waals surface area contributed by atoms with Gasteiger partial charge in [-0.15, -0.1) is 16.9 Å². The Morgan fingerprint density at radius 1 is 1.15 bits per heavy atom. The number of nitrogens with one attached hydrogen (secondary N) is 1. The van der Waals surface area contributed by atoms with Gasteiger partial charge in [0.15, 0.2) is 5.82 Å². The van der Waals surface area contributed by atoms with Crippen molar-refractivity contribution in [3.63, 3.8) is 0 Å². The predicted molar refractivity (Wildman–Crippen MR) is 97.0 cm³/mol. The summed E-state index contributed by atoms with van der Waals surface area (Å²) in [5.74, 6) is 0.679. The summed E-state index contributed by atoms with van der Waals surface area (Å²) in [6.45, 7) is -2.96. The van der Waals surface area contributed by atoms with Crippen molar-refractivity contribution in [1.29, 1.82) is 0 Å². The summed E-state index contributed by atoms with van der Waals surface area (Å²) in [5, 5.41) is 14.1. The molecular weight excluding hydrogens is 376 g/mol. The number of aromatic nitrogens is 4. The van der Waals surface area contributed by atoms with E-state index in [9.17, 15) is 13.6 Å². The predicted octanol–water partition coefficient (Wildman–Crippen LogP) is 3.14. The quantitative estimate of drug-likeness (QED) is 0.635. The van der Waals surface area contributed by atoms with Gasteiger partial charge in [-0.25, -0.2) is 0 Å². The van der Waals surface area contributed by atoms with Gasteiger partial charge in [0.2, 0.25) is 5.91 Å². The summed E-state index contributed by atoms with van der Waals surface area (Å²) in [6.07, 6.45) is 0. The fourth-order valence-corrected chi connectivity index (χ4v) is 2.98. The third-order valence-electron chi connectivity index (χ3n) is 3.38. The van der Waals surface area contributed by atoms with Crippen LogP contribution in [0.2, 0.25) is 0 Å². The lowest BCUT2D eigenvalue weighted by Gasteiger charge is -2.11. The number of rotatable bonds is 8. The number of carbonyl (C=O) groups is 1. The first-order valence-corrected chi connectivity index (χ1v) is 9.03. The minimum Gasteiger partial charge on any atom is -0.433 e. The van der Waals surface area contributed by atoms with Crippen LogP contribution in [0.5, 0.6) is 5.75 Å². The standard InChI is InChI=1S/C17H15F2N5O2S/c18-17(19)26-14-9-5-4-8-13(14)20-16(25)11-27-10-15-21-22-23-24(15)12-6-2-1-3-7-12/h1-9,17H,10-11H2,(H,20,25). The second kappa shape index (κ2) is 9.08. The van der Waals surface area contributed by atoms with E-state index in [2.05, 4.69) is 25.6 Å². The van der Waals surface area contributed by atoms with Crippen molar-refractivity contribution >= 4 is 23.4 Å². The molecule has 0 aliphatic carbocycles. The van der Waals surface area contributed by atoms with Crippen LogP contribution < -0.4 is 10.1 Å². The molecule has 3 aromatic rings. The molecule has 1 heterocycles. The van der Waals surface area contributed by atoms with Gasteiger partial charge in [-0.3, -0.25) is 4.79 Å². The van der Waals surface area contributed by atoms with Gasteiger partial charge in [0.25, 0.3) is 0 Å². The van der Waals surface area contributed by atoms with Gasteiger partial charge >= 0.3 is 6.61 Å². The number of para-hydroxylation sites is 3. The lowest BCUT2D eigenvalue weighted by Crippen LogP contribution is -2.16. The van der Waals surface area contributed by atoms with Crippen LogP contribution in [0.1, 0.15) is 5.82 Å². The second-order valence-corrected chi connectivity index (χ2v) is 6.24. The third-order valence-corrected chi connectivity index (χ3v) is 4.31. The Bertz CT molecular complexity index is 892. The van der Waals surface area contributed by atoms with Crippen molar-refractivity contribution in [2.45, 2.75) is 12.4 Å². The number of hydrogen-bond donors (Lipinski definition) is 1. The number of anilines is 1. The molecule has 2 aromatic carbocycles. The van der Waals surface area contributed by atoms with Crippen molar-refractivity contribution in [1.82, 2.24) is 20.2 Å². The molecule has 1 N–H and O–H groups in total. The first-order valence-electron chi connectivity index (χ1n) is 7.87. The molecule has 0 saturated heterocycles. The smallest absolute Gasteiger partial charge is 0.387 e. The van der Waals surface area contributed by atoms with E-state index in [-0.39, 0.29) is 23.1 Å². The topological polar surface area (TPSA) is 81.9 Å². The Labute approximate surface area is 157 Å². The van der Waals surface area contributed by atoms with Crippen LogP contribution in [0.4, 0.5) is 14.5 Å². The second-order valence-electron chi connectivity index (χ2n) is 5.26. The fraction of sp³-hybridized carbons (Fsp3) is 0.176. The third kappa shape index (κ3) is 5.23. The van der Waals surface area contributed by atoms with Crippen LogP contribution in [0.15, 0.2) is 54.6 Å². The summed E-state index contributed by atoms with van der Waals surface area (Å²) < 4.78 is 30.8. The molecule has 7 nitrogen and oxygen atoms in total. The molecule has 0 fully saturated rings. The molecule has 3 rings (SSSR count). The zero-order valence-electron chi connectivity index (χ0n) is 14.0. The van der Waals surface area contributed by atoms with E-state index in [0.717, 1.165) is 5.69 Å². The Morgan fingerprint density at radius 2 is 1.89 bits per heavy atom. The molecule has 1 amide bonds. The van der Waals surface area contributed by atoms with Gasteiger partial charge in [-0.05, 0) is 34.7 Å². The first-order chi connectivity index (χ1) is 13.1. The monoisotopic (exact) mass is 391 g/mol. The zero-order valence-corrected chi connectivity index (χ0v) is 14.8. The van der Waals surface area contributed by atoms with Crippen LogP contribution in [0.3, 0.4) is 0 Å². The lowest BCUT2D eigenvalue weighted by molar-refractivity contribution is -0.113. The SMILES string of the molecule is O=C(CSCc1nnnn1-c1ccccc1)Nc1ccccc1OC(F)F. The number of hydrogen-bond acceptors (Lipinski definition) is 6. The zero-order chi connectivity index (χ0) is 19.1. The Balaban J connectivity index is 1.55. The molecule has 0 saturated carbocycles. The lowest BCUT2D eigenvalue weighted by atomic mass is 10.3. The molecule has 0 aliphatic heterocycles. The van der Waals surface area contributed by atoms with Gasteiger partial charge in [-0.2, -0.15) is 13.5 Å². The summed E-state index contributed by atoms with van der Waals surface area (Å²) >= 11 is 1.30. The van der Waals surface area contributed by atoms with E-state index in [1.807, 2.05) is 30.3 Å². The van der Waals surface area contributed by atoms with Gasteiger partial charge in [0.1, 0.15) is 5.75 Å². The highest BCUT2D eigenvalue weighted by atomic mass is 32.2. The number of tetrazole rings is 1. The maximum absolute atomic E-state index is 12.4. The van der Waals surface area contributed by atoms with Crippen molar-refractivity contribution in [3.05, 3.63) is 60.4 Å². The van der Waals surface area contributed by atoms with E-state index >= 15 is 0 Å². The average Bonchev–Trinajstić information content (AvgIpc) is 3.12. The maximum atomic E-state index is 12.4. The number of benzene rings is 2. The average molecular weight is 391 g/mol. The number of alkyl halides is 2. The van der Waals surface area contributed by atoms with Gasteiger partial charge in [0, 0.05) is 0 Å². The Morgan fingerprint density at radius 3 is 2.67 bits per heavy atom. The first kappa shape index (κ1) is 18.8. The van der Waals surface area contributed by atoms with E-state index in [1.165, 1.54) is 23.9 Å². The van der Waals surface area contributed by atoms with Gasteiger partial charge in [0.05, 0.1) is 22.9 Å². The number of ether oxygens (including phenoxy) is 1. The van der Waals surface area contributed by atoms with E-state index < -0.39 is 6.61 Å². The van der Waals surface area contributed by atoms with Crippen LogP contribution >= 0.6 is 11.8 Å². The van der Waals surface area contributed by atoms with Crippen molar-refractivity contribution in [3.8, 4) is 11.4 Å². The van der Waals surface area contributed by atoms with Gasteiger partial charge in [-0.1, -0.05) is 30.3 Å². The molecule has 0 spiro atoms. The molecule has 0 bridgehead atoms. The molecular formula is C17H15F2N5O2S. The highest BCUT2D eigenvalue weighted by molar-refractivity contribution is 7.99. The van der Waals surface area contributed by atoms with Crippen molar-refractivity contribution in [2.75, 3.05) is 11.1 Å². The number of halogens is 2. The van der Waals surface area contributed by atoms with E-state index in [0.29, 0.717) is 11.6 Å². The minimum atomic E-state index is -2.96. The van der Waals surface area contributed by atoms with Crippen molar-refractivity contribution < 1.29 is 18.3 Å². The summed E-state index contributed by atoms with van der Waals surface area (Å²) in [4.78, 5) is 12.1. The van der Waals surface area contributed by atoms with Gasteiger partial charge < -0.3 is 10.1 Å². The molecule has 140 valence electrons. The van der Waals surface area contributed by atoms with Crippen LogP contribution in [0, 0.1) is 0 Å². The van der Waals surface area contributed by atoms with E-state index in [4.69, 9.17) is 0 Å². The Kier molecular flexibility index (Phi) is 6.31. The molecule has 0 unspecified atom stereocenters. The fourth-order valence-electron chi connectivity index (χ4n) is 2.26. The maximum Gasteiger partial charge on any atom is 0.387 e.